The number of rotatable bonds is 64. The van der Waals surface area contributed by atoms with Gasteiger partial charge in [0.05, 0.1) is 0 Å². The third-order valence-corrected chi connectivity index (χ3v) is 33.6. The normalized spacial score (nSPS) is 12.9. The second kappa shape index (κ2) is 56.7. The third kappa shape index (κ3) is 43.3. The Morgan fingerprint density at radius 1 is 0.382 bits per heavy atom. The summed E-state index contributed by atoms with van der Waals surface area (Å²) < 4.78 is 31.1. The molecule has 3 N–H and O–H groups in total. The molecule has 1 aromatic rings. The van der Waals surface area contributed by atoms with E-state index >= 15 is 0 Å². The Morgan fingerprint density at radius 3 is 0.854 bits per heavy atom. The van der Waals surface area contributed by atoms with Crippen LogP contribution in [0.2, 0.25) is 10.0 Å². The van der Waals surface area contributed by atoms with Crippen LogP contribution in [0.15, 0.2) is 12.1 Å². The Morgan fingerprint density at radius 2 is 0.607 bits per heavy atom. The van der Waals surface area contributed by atoms with Gasteiger partial charge in [0.15, 0.2) is 0 Å². The fourth-order valence-corrected chi connectivity index (χ4v) is 27.5. The Bertz CT molecular complexity index is 1820. The molecule has 0 atom stereocenters. The number of halogens is 2. The number of carbonyl (C=O) groups is 2. The number of unbranched alkanes of at least 4 members (excludes halogenated alkanes) is 40. The molecule has 0 heterocycles. The molecule has 1 rings (SSSR count). The van der Waals surface area contributed by atoms with Crippen LogP contribution in [-0.4, -0.2) is 91.0 Å². The molecule has 0 fully saturated rings. The molecule has 530 valence electrons. The molecule has 0 saturated heterocycles. The van der Waals surface area contributed by atoms with E-state index in [9.17, 15) is 23.9 Å². The van der Waals surface area contributed by atoms with Gasteiger partial charge in [-0.2, -0.15) is 0 Å². The monoisotopic (exact) mass is 1350 g/mol. The van der Waals surface area contributed by atoms with Gasteiger partial charge < -0.3 is 0 Å². The number of carbonyl (C=O) groups excluding carboxylic acids is 2. The van der Waals surface area contributed by atoms with Crippen molar-refractivity contribution in [3.63, 3.8) is 0 Å². The molecule has 0 saturated carbocycles. The Balaban J connectivity index is 0.00000174. The maximum atomic E-state index is 14.4. The van der Waals surface area contributed by atoms with Crippen molar-refractivity contribution in [1.29, 1.82) is 0 Å². The quantitative estimate of drug-likeness (QED) is 0.0431. The molecule has 0 aliphatic carbocycles. The molecule has 0 amide bonds. The van der Waals surface area contributed by atoms with Crippen molar-refractivity contribution in [3.05, 3.63) is 27.7 Å². The van der Waals surface area contributed by atoms with Gasteiger partial charge in [-0.15, -0.1) is 0 Å². The molecule has 0 unspecified atom stereocenters. The second-order valence-corrected chi connectivity index (χ2v) is 41.5. The molecule has 0 aromatic heterocycles. The molecule has 0 radical (unpaired) electrons. The molecule has 0 aliphatic rings. The van der Waals surface area contributed by atoms with E-state index < -0.39 is 27.5 Å². The maximum absolute atomic E-state index is 14.4. The first-order valence-corrected chi connectivity index (χ1v) is 46.6. The van der Waals surface area contributed by atoms with Crippen LogP contribution in [0.25, 0.3) is 0 Å². The van der Waals surface area contributed by atoms with Crippen molar-refractivity contribution >= 4 is 56.4 Å². The number of benzene rings is 1. The van der Waals surface area contributed by atoms with Crippen molar-refractivity contribution in [3.8, 4) is 5.75 Å². The van der Waals surface area contributed by atoms with Crippen LogP contribution in [-0.2, 0) is 18.4 Å². The van der Waals surface area contributed by atoms with Crippen molar-refractivity contribution < 1.29 is 37.7 Å². The van der Waals surface area contributed by atoms with Gasteiger partial charge in [-0.25, -0.2) is 0 Å². The predicted octanol–water partition coefficient (Wildman–Crippen LogP) is 26.2. The minimum absolute atomic E-state index is 0.125. The fourth-order valence-electron chi connectivity index (χ4n) is 13.9. The standard InChI is InChI=1S/C40H73Cl2O3P.C35H75NO5P2/c1-6-10-14-18-19-20-21-22-23-24-25-29-35-46(32-26-15-11-7-2,33-27-16-12-8-3,34-28-17-13-9-4)45-40(43)38-36(41)30-31-37(42)39(38)44-5;1-5-9-13-17-18-19-20-21-22-23-24-28-32-43(29-25-14-10-6-2,30-26-15-11-7-3,31-27-16-12-8-4)41-35(37)33-36-34-42(38,39)40/h30-31H,6-29,32-35H2,1-5H3;36H,5-34H2,1-4H3,(H2,38,39,40). The van der Waals surface area contributed by atoms with E-state index in [4.69, 9.17) is 37.0 Å². The summed E-state index contributed by atoms with van der Waals surface area (Å²) in [6.45, 7) is 12.2. The molecule has 1 aromatic carbocycles. The zero-order valence-electron chi connectivity index (χ0n) is 60.1. The number of hydrogen-bond acceptors (Lipinski definition) is 7. The second-order valence-electron chi connectivity index (χ2n) is 27.7. The Kier molecular flexibility index (Phi) is 56.4. The summed E-state index contributed by atoms with van der Waals surface area (Å²) >= 11 is 13.2. The summed E-state index contributed by atoms with van der Waals surface area (Å²) in [6, 6.07) is 3.40. The van der Waals surface area contributed by atoms with E-state index in [-0.39, 0.29) is 18.5 Å². The van der Waals surface area contributed by atoms with Gasteiger partial charge in [-0.3, -0.25) is 0 Å². The van der Waals surface area contributed by atoms with Crippen LogP contribution in [0.5, 0.6) is 5.75 Å². The molecule has 0 aliphatic heterocycles. The summed E-state index contributed by atoms with van der Waals surface area (Å²) in [5.41, 5.74) is 0.302. The van der Waals surface area contributed by atoms with Crippen molar-refractivity contribution in [2.24, 2.45) is 0 Å². The Labute approximate surface area is 562 Å². The van der Waals surface area contributed by atoms with Crippen LogP contribution in [0, 0.1) is 0 Å². The topological polar surface area (TPSA) is 131 Å². The summed E-state index contributed by atoms with van der Waals surface area (Å²) in [7, 11) is -2.66. The van der Waals surface area contributed by atoms with E-state index in [2.05, 4.69) is 60.7 Å². The van der Waals surface area contributed by atoms with Gasteiger partial charge in [-0.1, -0.05) is 26.7 Å². The number of nitrogens with one attached hydrogen (secondary N) is 1. The first kappa shape index (κ1) is 88.5. The van der Waals surface area contributed by atoms with E-state index in [0.717, 1.165) is 101 Å². The zero-order valence-corrected chi connectivity index (χ0v) is 64.3. The molecule has 89 heavy (non-hydrogen) atoms. The van der Waals surface area contributed by atoms with Crippen LogP contribution < -0.4 is 10.1 Å². The van der Waals surface area contributed by atoms with Crippen molar-refractivity contribution in [2.45, 2.75) is 364 Å². The molecular weight excluding hydrogens is 1210 g/mol. The van der Waals surface area contributed by atoms with Gasteiger partial charge in [-0.05, 0) is 0 Å². The number of methoxy groups -OCH3 is 1. The Hall–Kier alpha value is -0.490. The van der Waals surface area contributed by atoms with Crippen LogP contribution >= 0.6 is 44.5 Å². The van der Waals surface area contributed by atoms with E-state index in [1.807, 2.05) is 0 Å². The van der Waals surface area contributed by atoms with E-state index in [1.165, 1.54) is 257 Å². The molecule has 0 bridgehead atoms. The molecule has 0 spiro atoms. The zero-order chi connectivity index (χ0) is 66.1. The first-order valence-electron chi connectivity index (χ1n) is 38.2. The summed E-state index contributed by atoms with van der Waals surface area (Å²) in [5.74, 6) is -0.280. The van der Waals surface area contributed by atoms with Crippen molar-refractivity contribution in [1.82, 2.24) is 5.32 Å². The third-order valence-electron chi connectivity index (χ3n) is 19.4. The molecular formula is C75H148Cl2NO8P3. The van der Waals surface area contributed by atoms with Crippen LogP contribution in [0.1, 0.15) is 374 Å². The number of hydrogen-bond donors (Lipinski definition) is 3. The van der Waals surface area contributed by atoms with Crippen LogP contribution in [0.3, 0.4) is 0 Å². The van der Waals surface area contributed by atoms with Crippen LogP contribution in [0.4, 0.5) is 0 Å². The predicted molar refractivity (Wildman–Crippen MR) is 399 cm³/mol. The van der Waals surface area contributed by atoms with Gasteiger partial charge >= 0.3 is 539 Å². The van der Waals surface area contributed by atoms with Gasteiger partial charge in [0, 0.05) is 0 Å². The first-order chi connectivity index (χ1) is 43.0. The molecule has 14 heteroatoms. The van der Waals surface area contributed by atoms with Gasteiger partial charge in [0.1, 0.15) is 0 Å². The summed E-state index contributed by atoms with van der Waals surface area (Å²) in [5, 5.41) is 3.45. The number of ether oxygens (including phenoxy) is 1. The van der Waals surface area contributed by atoms with Crippen molar-refractivity contribution in [2.75, 3.05) is 69.2 Å². The van der Waals surface area contributed by atoms with Gasteiger partial charge in [0.2, 0.25) is 0 Å². The SMILES string of the molecule is CCCCCCCCCCCCCCP(CCCCCC)(CCCCCC)(CCCCCC)OC(=O)CNCP(=O)(O)O.CCCCCCCCCCCCCCP(CCCCCC)(CCCCCC)(CCCCCC)OC(=O)c1c(Cl)ccc(Cl)c1OC. The summed E-state index contributed by atoms with van der Waals surface area (Å²) in [6.07, 6.45) is 68.2. The minimum atomic E-state index is -4.22. The van der Waals surface area contributed by atoms with Gasteiger partial charge in [0.25, 0.3) is 0 Å². The summed E-state index contributed by atoms with van der Waals surface area (Å²) in [4.78, 5) is 46.4. The average Bonchev–Trinajstić information content (AvgIpc) is 2.20. The van der Waals surface area contributed by atoms with E-state index in [0.29, 0.717) is 21.4 Å². The molecule has 9 nitrogen and oxygen atoms in total. The fraction of sp³-hybridized carbons (Fsp3) is 0.893. The average molecular weight is 1360 g/mol. The van der Waals surface area contributed by atoms with E-state index in [1.54, 1.807) is 19.2 Å².